The maximum Gasteiger partial charge on any atom is 0.277 e. The molecule has 0 bridgehead atoms. The third-order valence-electron chi connectivity index (χ3n) is 2.94. The lowest BCUT2D eigenvalue weighted by atomic mass is 10.2. The minimum atomic E-state index is -0.393. The second kappa shape index (κ2) is 8.50. The predicted octanol–water partition coefficient (Wildman–Crippen LogP) is 4.41. The number of aryl methyl sites for hydroxylation is 1. The number of hydrogen-bond donors (Lipinski definition) is 2. The molecule has 0 heterocycles. The Morgan fingerprint density at radius 2 is 2.00 bits per heavy atom. The standard InChI is InChI=1S/C16H13Br2ClN2O3/c1-9-4-11(2-3-14(9)19)24-8-15(22)21-20-7-10-5-12(17)16(23)13(18)6-10/h2-7,23H,8H2,1H3,(H,21,22)/b20-7-. The van der Waals surface area contributed by atoms with Crippen LogP contribution in [0.5, 0.6) is 11.5 Å². The van der Waals surface area contributed by atoms with Crippen LogP contribution in [0, 0.1) is 6.92 Å². The molecule has 0 radical (unpaired) electrons. The monoisotopic (exact) mass is 474 g/mol. The Bertz CT molecular complexity index is 774. The van der Waals surface area contributed by atoms with Gasteiger partial charge in [-0.3, -0.25) is 4.79 Å². The van der Waals surface area contributed by atoms with Crippen molar-refractivity contribution in [1.29, 1.82) is 0 Å². The smallest absolute Gasteiger partial charge is 0.277 e. The van der Waals surface area contributed by atoms with Crippen molar-refractivity contribution in [2.24, 2.45) is 5.10 Å². The van der Waals surface area contributed by atoms with Gasteiger partial charge in [0.05, 0.1) is 15.2 Å². The lowest BCUT2D eigenvalue weighted by Crippen LogP contribution is -2.24. The number of ether oxygens (including phenoxy) is 1. The molecule has 24 heavy (non-hydrogen) atoms. The van der Waals surface area contributed by atoms with Crippen molar-refractivity contribution in [3.63, 3.8) is 0 Å². The van der Waals surface area contributed by atoms with E-state index in [4.69, 9.17) is 16.3 Å². The van der Waals surface area contributed by atoms with E-state index in [1.165, 1.54) is 6.21 Å². The summed E-state index contributed by atoms with van der Waals surface area (Å²) in [7, 11) is 0. The van der Waals surface area contributed by atoms with Crippen molar-refractivity contribution in [2.45, 2.75) is 6.92 Å². The van der Waals surface area contributed by atoms with Gasteiger partial charge in [0.2, 0.25) is 0 Å². The molecular formula is C16H13Br2ClN2O3. The summed E-state index contributed by atoms with van der Waals surface area (Å²) in [6, 6.07) is 8.50. The fraction of sp³-hybridized carbons (Fsp3) is 0.125. The van der Waals surface area contributed by atoms with Gasteiger partial charge in [-0.25, -0.2) is 5.43 Å². The first-order valence-electron chi connectivity index (χ1n) is 6.75. The number of rotatable bonds is 5. The Hall–Kier alpha value is -1.57. The van der Waals surface area contributed by atoms with E-state index in [2.05, 4.69) is 42.4 Å². The molecule has 0 aromatic heterocycles. The number of phenolic OH excluding ortho intramolecular Hbond substituents is 1. The Morgan fingerprint density at radius 3 is 2.62 bits per heavy atom. The molecule has 0 spiro atoms. The highest BCUT2D eigenvalue weighted by Crippen LogP contribution is 2.32. The van der Waals surface area contributed by atoms with Gasteiger partial charge in [0.15, 0.2) is 6.61 Å². The summed E-state index contributed by atoms with van der Waals surface area (Å²) in [5.74, 6) is 0.265. The number of nitrogens with one attached hydrogen (secondary N) is 1. The number of halogens is 3. The molecule has 1 amide bonds. The van der Waals surface area contributed by atoms with Crippen LogP contribution in [-0.4, -0.2) is 23.8 Å². The second-order valence-corrected chi connectivity index (χ2v) is 6.94. The molecule has 0 aliphatic rings. The number of aromatic hydroxyl groups is 1. The number of hydrogen-bond acceptors (Lipinski definition) is 4. The van der Waals surface area contributed by atoms with Crippen LogP contribution in [-0.2, 0) is 4.79 Å². The number of nitrogens with zero attached hydrogens (tertiary/aromatic N) is 1. The Morgan fingerprint density at radius 1 is 1.33 bits per heavy atom. The Labute approximate surface area is 160 Å². The van der Waals surface area contributed by atoms with Crippen molar-refractivity contribution in [1.82, 2.24) is 5.43 Å². The zero-order valence-electron chi connectivity index (χ0n) is 12.5. The minimum absolute atomic E-state index is 0.0999. The topological polar surface area (TPSA) is 70.9 Å². The summed E-state index contributed by atoms with van der Waals surface area (Å²) in [5.41, 5.74) is 3.93. The largest absolute Gasteiger partial charge is 0.506 e. The first-order chi connectivity index (χ1) is 11.4. The summed E-state index contributed by atoms with van der Waals surface area (Å²) in [6.45, 7) is 1.69. The van der Waals surface area contributed by atoms with Gasteiger partial charge in [0, 0.05) is 5.02 Å². The van der Waals surface area contributed by atoms with Crippen LogP contribution in [0.2, 0.25) is 5.02 Å². The minimum Gasteiger partial charge on any atom is -0.506 e. The average Bonchev–Trinajstić information content (AvgIpc) is 2.53. The van der Waals surface area contributed by atoms with Gasteiger partial charge in [-0.2, -0.15) is 5.10 Å². The van der Waals surface area contributed by atoms with E-state index in [1.807, 2.05) is 6.92 Å². The fourth-order valence-electron chi connectivity index (χ4n) is 1.73. The molecular weight excluding hydrogens is 463 g/mol. The van der Waals surface area contributed by atoms with Crippen LogP contribution in [0.3, 0.4) is 0 Å². The van der Waals surface area contributed by atoms with E-state index in [9.17, 15) is 9.90 Å². The van der Waals surface area contributed by atoms with Gasteiger partial charge in [0.25, 0.3) is 5.91 Å². The van der Waals surface area contributed by atoms with E-state index < -0.39 is 5.91 Å². The van der Waals surface area contributed by atoms with Crippen LogP contribution >= 0.6 is 43.5 Å². The SMILES string of the molecule is Cc1cc(OCC(=O)N/N=C\c2cc(Br)c(O)c(Br)c2)ccc1Cl. The third kappa shape index (κ3) is 5.22. The molecule has 0 unspecified atom stereocenters. The summed E-state index contributed by atoms with van der Waals surface area (Å²) < 4.78 is 6.41. The summed E-state index contributed by atoms with van der Waals surface area (Å²) in [4.78, 5) is 11.7. The van der Waals surface area contributed by atoms with Crippen molar-refractivity contribution in [3.8, 4) is 11.5 Å². The molecule has 0 atom stereocenters. The maximum atomic E-state index is 11.7. The number of carbonyl (C=O) groups is 1. The molecule has 2 rings (SSSR count). The molecule has 0 saturated carbocycles. The molecule has 2 N–H and O–H groups in total. The van der Waals surface area contributed by atoms with Gasteiger partial charge in [0.1, 0.15) is 11.5 Å². The predicted molar refractivity (Wildman–Crippen MR) is 101 cm³/mol. The highest BCUT2D eigenvalue weighted by molar-refractivity contribution is 9.11. The van der Waals surface area contributed by atoms with E-state index in [0.717, 1.165) is 5.56 Å². The lowest BCUT2D eigenvalue weighted by molar-refractivity contribution is -0.123. The second-order valence-electron chi connectivity index (χ2n) is 4.83. The Balaban J connectivity index is 1.87. The van der Waals surface area contributed by atoms with Crippen LogP contribution in [0.25, 0.3) is 0 Å². The van der Waals surface area contributed by atoms with Crippen LogP contribution in [0.15, 0.2) is 44.4 Å². The Kier molecular flexibility index (Phi) is 6.65. The normalized spacial score (nSPS) is 10.8. The van der Waals surface area contributed by atoms with Crippen molar-refractivity contribution < 1.29 is 14.6 Å². The van der Waals surface area contributed by atoms with Crippen molar-refractivity contribution in [2.75, 3.05) is 6.61 Å². The highest BCUT2D eigenvalue weighted by Gasteiger charge is 2.05. The van der Waals surface area contributed by atoms with E-state index in [1.54, 1.807) is 30.3 Å². The summed E-state index contributed by atoms with van der Waals surface area (Å²) >= 11 is 12.4. The zero-order valence-corrected chi connectivity index (χ0v) is 16.4. The number of carbonyl (C=O) groups excluding carboxylic acids is 1. The number of amides is 1. The lowest BCUT2D eigenvalue weighted by Gasteiger charge is -2.06. The first-order valence-corrected chi connectivity index (χ1v) is 8.72. The van der Waals surface area contributed by atoms with Crippen LogP contribution in [0.1, 0.15) is 11.1 Å². The first kappa shape index (κ1) is 18.8. The number of hydrazone groups is 1. The number of phenols is 1. The molecule has 0 fully saturated rings. The molecule has 2 aromatic carbocycles. The molecule has 8 heteroatoms. The molecule has 0 saturated heterocycles. The molecule has 5 nitrogen and oxygen atoms in total. The fourth-order valence-corrected chi connectivity index (χ4v) is 3.07. The van der Waals surface area contributed by atoms with Crippen LogP contribution < -0.4 is 10.2 Å². The molecule has 2 aromatic rings. The van der Waals surface area contributed by atoms with Gasteiger partial charge in [-0.1, -0.05) is 11.6 Å². The van der Waals surface area contributed by atoms with E-state index in [0.29, 0.717) is 25.3 Å². The average molecular weight is 477 g/mol. The maximum absolute atomic E-state index is 11.7. The van der Waals surface area contributed by atoms with Gasteiger partial charge in [-0.15, -0.1) is 0 Å². The summed E-state index contributed by atoms with van der Waals surface area (Å²) in [6.07, 6.45) is 1.46. The van der Waals surface area contributed by atoms with Crippen molar-refractivity contribution in [3.05, 3.63) is 55.4 Å². The zero-order chi connectivity index (χ0) is 17.7. The van der Waals surface area contributed by atoms with Crippen LogP contribution in [0.4, 0.5) is 0 Å². The molecule has 126 valence electrons. The molecule has 0 aliphatic heterocycles. The highest BCUT2D eigenvalue weighted by atomic mass is 79.9. The van der Waals surface area contributed by atoms with Crippen molar-refractivity contribution >= 4 is 55.6 Å². The van der Waals surface area contributed by atoms with E-state index in [-0.39, 0.29) is 12.4 Å². The van der Waals surface area contributed by atoms with Gasteiger partial charge >= 0.3 is 0 Å². The van der Waals surface area contributed by atoms with Gasteiger partial charge in [-0.05, 0) is 80.2 Å². The molecule has 0 aliphatic carbocycles. The number of benzene rings is 2. The third-order valence-corrected chi connectivity index (χ3v) is 4.57. The van der Waals surface area contributed by atoms with E-state index >= 15 is 0 Å². The summed E-state index contributed by atoms with van der Waals surface area (Å²) in [5, 5.41) is 14.1. The quantitative estimate of drug-likeness (QED) is 0.496. The van der Waals surface area contributed by atoms with Gasteiger partial charge < -0.3 is 9.84 Å².